The van der Waals surface area contributed by atoms with Crippen molar-refractivity contribution < 1.29 is 4.39 Å². The van der Waals surface area contributed by atoms with Crippen LogP contribution in [0.3, 0.4) is 0 Å². The number of anilines is 1. The Bertz CT molecular complexity index is 516. The molecule has 1 aromatic heterocycles. The van der Waals surface area contributed by atoms with E-state index in [-0.39, 0.29) is 5.82 Å². The van der Waals surface area contributed by atoms with Crippen LogP contribution in [-0.2, 0) is 6.54 Å². The Labute approximate surface area is 112 Å². The van der Waals surface area contributed by atoms with Crippen molar-refractivity contribution >= 4 is 33.2 Å². The molecule has 0 unspecified atom stereocenters. The van der Waals surface area contributed by atoms with Crippen LogP contribution in [0.2, 0.25) is 5.15 Å². The minimum absolute atomic E-state index is 0.262. The minimum Gasteiger partial charge on any atom is -0.380 e. The summed E-state index contributed by atoms with van der Waals surface area (Å²) in [6.07, 6.45) is 1.65. The number of rotatable bonds is 3. The van der Waals surface area contributed by atoms with Crippen LogP contribution in [0, 0.1) is 5.82 Å². The van der Waals surface area contributed by atoms with E-state index in [1.54, 1.807) is 24.4 Å². The molecule has 0 bridgehead atoms. The van der Waals surface area contributed by atoms with Gasteiger partial charge in [-0.25, -0.2) is 9.37 Å². The molecule has 5 heteroatoms. The summed E-state index contributed by atoms with van der Waals surface area (Å²) in [6.45, 7) is 0.599. The summed E-state index contributed by atoms with van der Waals surface area (Å²) in [7, 11) is 0. The van der Waals surface area contributed by atoms with Crippen molar-refractivity contribution in [3.8, 4) is 0 Å². The number of benzene rings is 1. The lowest BCUT2D eigenvalue weighted by molar-refractivity contribution is 0.620. The van der Waals surface area contributed by atoms with Crippen LogP contribution in [0.5, 0.6) is 0 Å². The van der Waals surface area contributed by atoms with E-state index in [2.05, 4.69) is 26.2 Å². The van der Waals surface area contributed by atoms with E-state index in [0.29, 0.717) is 16.2 Å². The summed E-state index contributed by atoms with van der Waals surface area (Å²) >= 11 is 8.83. The number of nitrogens with one attached hydrogen (secondary N) is 1. The van der Waals surface area contributed by atoms with Crippen LogP contribution in [0.15, 0.2) is 41.0 Å². The van der Waals surface area contributed by atoms with Gasteiger partial charge in [0.1, 0.15) is 11.0 Å². The molecule has 1 heterocycles. The van der Waals surface area contributed by atoms with Crippen molar-refractivity contribution in [2.24, 2.45) is 0 Å². The van der Waals surface area contributed by atoms with Crippen LogP contribution < -0.4 is 5.32 Å². The number of halogens is 3. The van der Waals surface area contributed by atoms with Gasteiger partial charge in [-0.3, -0.25) is 0 Å². The zero-order valence-electron chi connectivity index (χ0n) is 8.75. The normalized spacial score (nSPS) is 10.3. The Kier molecular flexibility index (Phi) is 3.97. The van der Waals surface area contributed by atoms with Crippen molar-refractivity contribution in [2.75, 3.05) is 5.32 Å². The molecule has 0 fully saturated rings. The standard InChI is InChI=1S/C12H9BrClFN2/c13-10-5-8(1-3-11(10)15)6-16-9-2-4-12(14)17-7-9/h1-5,7,16H,6H2. The Hall–Kier alpha value is -1.13. The van der Waals surface area contributed by atoms with Gasteiger partial charge in [-0.05, 0) is 45.8 Å². The molecule has 2 nitrogen and oxygen atoms in total. The smallest absolute Gasteiger partial charge is 0.137 e. The van der Waals surface area contributed by atoms with E-state index in [0.717, 1.165) is 11.3 Å². The molecule has 0 radical (unpaired) electrons. The molecule has 0 amide bonds. The van der Waals surface area contributed by atoms with Crippen LogP contribution >= 0.6 is 27.5 Å². The molecular weight excluding hydrogens is 307 g/mol. The van der Waals surface area contributed by atoms with Crippen molar-refractivity contribution in [3.05, 3.63) is 57.5 Å². The lowest BCUT2D eigenvalue weighted by Crippen LogP contribution is -2.00. The second-order valence-electron chi connectivity index (χ2n) is 3.47. The van der Waals surface area contributed by atoms with E-state index >= 15 is 0 Å². The lowest BCUT2D eigenvalue weighted by atomic mass is 10.2. The zero-order valence-corrected chi connectivity index (χ0v) is 11.1. The highest BCUT2D eigenvalue weighted by Crippen LogP contribution is 2.18. The van der Waals surface area contributed by atoms with Gasteiger partial charge in [0.15, 0.2) is 0 Å². The van der Waals surface area contributed by atoms with Crippen LogP contribution in [0.1, 0.15) is 5.56 Å². The maximum atomic E-state index is 13.0. The van der Waals surface area contributed by atoms with Gasteiger partial charge in [0.2, 0.25) is 0 Å². The predicted octanol–water partition coefficient (Wildman–Crippen LogP) is 4.25. The van der Waals surface area contributed by atoms with Gasteiger partial charge in [-0.1, -0.05) is 17.7 Å². The third-order valence-corrected chi connectivity index (χ3v) is 3.04. The fourth-order valence-electron chi connectivity index (χ4n) is 1.33. The Morgan fingerprint density at radius 3 is 2.76 bits per heavy atom. The first-order chi connectivity index (χ1) is 8.15. The number of aromatic nitrogens is 1. The van der Waals surface area contributed by atoms with Gasteiger partial charge in [-0.2, -0.15) is 0 Å². The van der Waals surface area contributed by atoms with Crippen molar-refractivity contribution in [2.45, 2.75) is 6.54 Å². The first-order valence-corrected chi connectivity index (χ1v) is 6.11. The first kappa shape index (κ1) is 12.3. The molecule has 0 saturated heterocycles. The van der Waals surface area contributed by atoms with Crippen LogP contribution in [0.4, 0.5) is 10.1 Å². The molecule has 88 valence electrons. The van der Waals surface area contributed by atoms with E-state index in [4.69, 9.17) is 11.6 Å². The monoisotopic (exact) mass is 314 g/mol. The van der Waals surface area contributed by atoms with E-state index in [1.807, 2.05) is 6.07 Å². The average molecular weight is 316 g/mol. The van der Waals surface area contributed by atoms with Gasteiger partial charge in [0.25, 0.3) is 0 Å². The van der Waals surface area contributed by atoms with E-state index < -0.39 is 0 Å². The summed E-state index contributed by atoms with van der Waals surface area (Å²) in [5, 5.41) is 3.63. The topological polar surface area (TPSA) is 24.9 Å². The Morgan fingerprint density at radius 2 is 2.12 bits per heavy atom. The number of hydrogen-bond acceptors (Lipinski definition) is 2. The molecular formula is C12H9BrClFN2. The molecule has 1 N–H and O–H groups in total. The molecule has 0 aliphatic rings. The van der Waals surface area contributed by atoms with Gasteiger partial charge in [0.05, 0.1) is 16.4 Å². The summed E-state index contributed by atoms with van der Waals surface area (Å²) < 4.78 is 13.5. The van der Waals surface area contributed by atoms with Crippen LogP contribution in [-0.4, -0.2) is 4.98 Å². The molecule has 0 aliphatic carbocycles. The quantitative estimate of drug-likeness (QED) is 0.857. The molecule has 0 saturated carbocycles. The molecule has 17 heavy (non-hydrogen) atoms. The minimum atomic E-state index is -0.262. The fraction of sp³-hybridized carbons (Fsp3) is 0.0833. The predicted molar refractivity (Wildman–Crippen MR) is 70.7 cm³/mol. The lowest BCUT2D eigenvalue weighted by Gasteiger charge is -2.06. The van der Waals surface area contributed by atoms with Gasteiger partial charge < -0.3 is 5.32 Å². The highest BCUT2D eigenvalue weighted by molar-refractivity contribution is 9.10. The van der Waals surface area contributed by atoms with Gasteiger partial charge in [-0.15, -0.1) is 0 Å². The number of pyridine rings is 1. The molecule has 1 aromatic carbocycles. The second-order valence-corrected chi connectivity index (χ2v) is 4.71. The highest BCUT2D eigenvalue weighted by atomic mass is 79.9. The summed E-state index contributed by atoms with van der Waals surface area (Å²) in [4.78, 5) is 3.96. The van der Waals surface area contributed by atoms with Gasteiger partial charge >= 0.3 is 0 Å². The summed E-state index contributed by atoms with van der Waals surface area (Å²) in [5.74, 6) is -0.262. The van der Waals surface area contributed by atoms with E-state index in [9.17, 15) is 4.39 Å². The largest absolute Gasteiger partial charge is 0.380 e. The number of nitrogens with zero attached hydrogens (tertiary/aromatic N) is 1. The SMILES string of the molecule is Fc1ccc(CNc2ccc(Cl)nc2)cc1Br. The zero-order chi connectivity index (χ0) is 12.3. The molecule has 0 aliphatic heterocycles. The molecule has 2 rings (SSSR count). The second kappa shape index (κ2) is 5.47. The molecule has 0 spiro atoms. The maximum Gasteiger partial charge on any atom is 0.137 e. The van der Waals surface area contributed by atoms with Crippen molar-refractivity contribution in [3.63, 3.8) is 0 Å². The van der Waals surface area contributed by atoms with Crippen LogP contribution in [0.25, 0.3) is 0 Å². The fourth-order valence-corrected chi connectivity index (χ4v) is 1.87. The average Bonchev–Trinajstić information content (AvgIpc) is 2.33. The highest BCUT2D eigenvalue weighted by Gasteiger charge is 2.00. The Balaban J connectivity index is 2.02. The third kappa shape index (κ3) is 3.41. The van der Waals surface area contributed by atoms with Gasteiger partial charge in [0, 0.05) is 6.54 Å². The van der Waals surface area contributed by atoms with Crippen molar-refractivity contribution in [1.82, 2.24) is 4.98 Å². The van der Waals surface area contributed by atoms with E-state index in [1.165, 1.54) is 6.07 Å². The Morgan fingerprint density at radius 1 is 1.29 bits per heavy atom. The summed E-state index contributed by atoms with van der Waals surface area (Å²) in [6, 6.07) is 8.46. The number of hydrogen-bond donors (Lipinski definition) is 1. The molecule has 0 atom stereocenters. The summed E-state index contributed by atoms with van der Waals surface area (Å²) in [5.41, 5.74) is 1.85. The maximum absolute atomic E-state index is 13.0. The third-order valence-electron chi connectivity index (χ3n) is 2.21. The molecule has 2 aromatic rings. The van der Waals surface area contributed by atoms with Crippen molar-refractivity contribution in [1.29, 1.82) is 0 Å². The first-order valence-electron chi connectivity index (χ1n) is 4.94.